The molecule has 1 amide bonds. The Hall–Kier alpha value is -0.870. The highest BCUT2D eigenvalue weighted by Gasteiger charge is 2.42. The molecule has 1 aliphatic carbocycles. The van der Waals surface area contributed by atoms with Gasteiger partial charge in [0.25, 0.3) is 5.92 Å². The van der Waals surface area contributed by atoms with Gasteiger partial charge in [-0.05, 0) is 33.6 Å². The largest absolute Gasteiger partial charge is 0.444 e. The van der Waals surface area contributed by atoms with Gasteiger partial charge in [0, 0.05) is 6.42 Å². The molecule has 1 rings (SSSR count). The van der Waals surface area contributed by atoms with Crippen LogP contribution in [0.25, 0.3) is 0 Å². The van der Waals surface area contributed by atoms with E-state index < -0.39 is 23.7 Å². The smallest absolute Gasteiger partial charge is 0.408 e. The van der Waals surface area contributed by atoms with E-state index in [4.69, 9.17) is 4.74 Å². The summed E-state index contributed by atoms with van der Waals surface area (Å²) >= 11 is 0. The van der Waals surface area contributed by atoms with E-state index in [1.165, 1.54) is 0 Å². The highest BCUT2D eigenvalue weighted by atomic mass is 19.3. The van der Waals surface area contributed by atoms with E-state index in [2.05, 4.69) is 5.32 Å². The molecule has 0 spiro atoms. The number of ether oxygens (including phenoxy) is 1. The van der Waals surface area contributed by atoms with Crippen LogP contribution in [0.2, 0.25) is 0 Å². The van der Waals surface area contributed by atoms with Gasteiger partial charge in [-0.1, -0.05) is 6.42 Å². The number of alkyl halides is 2. The summed E-state index contributed by atoms with van der Waals surface area (Å²) in [7, 11) is 0. The van der Waals surface area contributed by atoms with Gasteiger partial charge in [-0.3, -0.25) is 0 Å². The molecule has 0 aromatic heterocycles. The van der Waals surface area contributed by atoms with Crippen LogP contribution in [0.5, 0.6) is 0 Å². The molecular formula is C11H19F2NO2. The highest BCUT2D eigenvalue weighted by Crippen LogP contribution is 2.33. The van der Waals surface area contributed by atoms with E-state index in [-0.39, 0.29) is 6.42 Å². The van der Waals surface area contributed by atoms with Crippen LogP contribution >= 0.6 is 0 Å². The van der Waals surface area contributed by atoms with Gasteiger partial charge in [-0.15, -0.1) is 0 Å². The summed E-state index contributed by atoms with van der Waals surface area (Å²) in [6.07, 6.45) is 0.619. The van der Waals surface area contributed by atoms with Gasteiger partial charge in [0.2, 0.25) is 0 Å². The molecule has 1 fully saturated rings. The molecule has 1 N–H and O–H groups in total. The third-order valence-electron chi connectivity index (χ3n) is 2.45. The molecule has 1 aliphatic rings. The number of nitrogens with one attached hydrogen (secondary N) is 1. The summed E-state index contributed by atoms with van der Waals surface area (Å²) < 4.78 is 31.7. The molecule has 0 radical (unpaired) electrons. The van der Waals surface area contributed by atoms with Crippen molar-refractivity contribution < 1.29 is 18.3 Å². The van der Waals surface area contributed by atoms with Crippen molar-refractivity contribution in [3.8, 4) is 0 Å². The molecule has 0 unspecified atom stereocenters. The van der Waals surface area contributed by atoms with Crippen molar-refractivity contribution in [2.45, 2.75) is 64.0 Å². The molecule has 1 saturated carbocycles. The first-order valence-corrected chi connectivity index (χ1v) is 5.58. The summed E-state index contributed by atoms with van der Waals surface area (Å²) in [5.41, 5.74) is -0.659. The maximum absolute atomic E-state index is 13.4. The number of alkyl carbamates (subject to hydrolysis) is 1. The van der Waals surface area contributed by atoms with E-state index >= 15 is 0 Å². The fraction of sp³-hybridized carbons (Fsp3) is 0.909. The van der Waals surface area contributed by atoms with Crippen molar-refractivity contribution >= 4 is 6.09 Å². The zero-order valence-electron chi connectivity index (χ0n) is 9.98. The SMILES string of the molecule is CC(C)(C)OC(=O)N[C@@H]1CCCCC1(F)F. The van der Waals surface area contributed by atoms with Gasteiger partial charge < -0.3 is 10.1 Å². The standard InChI is InChI=1S/C11H19F2NO2/c1-10(2,3)16-9(15)14-8-6-4-5-7-11(8,12)13/h8H,4-7H2,1-3H3,(H,14,15)/t8-/m1/s1. The molecule has 0 heterocycles. The minimum absolute atomic E-state index is 0.159. The number of rotatable bonds is 1. The number of hydrogen-bond acceptors (Lipinski definition) is 2. The topological polar surface area (TPSA) is 38.3 Å². The van der Waals surface area contributed by atoms with Gasteiger partial charge in [0.05, 0.1) is 6.04 Å². The first kappa shape index (κ1) is 13.2. The van der Waals surface area contributed by atoms with Gasteiger partial charge >= 0.3 is 6.09 Å². The van der Waals surface area contributed by atoms with Crippen LogP contribution in [-0.2, 0) is 4.74 Å². The molecule has 0 aromatic rings. The molecular weight excluding hydrogens is 216 g/mol. The molecule has 1 atom stereocenters. The Labute approximate surface area is 94.5 Å². The van der Waals surface area contributed by atoms with Crippen LogP contribution < -0.4 is 5.32 Å². The first-order valence-electron chi connectivity index (χ1n) is 5.58. The Bertz CT molecular complexity index is 261. The van der Waals surface area contributed by atoms with E-state index in [9.17, 15) is 13.6 Å². The molecule has 0 saturated heterocycles. The lowest BCUT2D eigenvalue weighted by Gasteiger charge is -2.32. The molecule has 0 aliphatic heterocycles. The van der Waals surface area contributed by atoms with Crippen LogP contribution in [-0.4, -0.2) is 23.7 Å². The Morgan fingerprint density at radius 1 is 1.38 bits per heavy atom. The zero-order chi connectivity index (χ0) is 12.4. The fourth-order valence-corrected chi connectivity index (χ4v) is 1.72. The lowest BCUT2D eigenvalue weighted by atomic mass is 9.92. The number of carbonyl (C=O) groups excluding carboxylic acids is 1. The Kier molecular flexibility index (Phi) is 3.76. The van der Waals surface area contributed by atoms with Gasteiger partial charge in [0.1, 0.15) is 5.60 Å². The maximum atomic E-state index is 13.4. The third kappa shape index (κ3) is 3.94. The second kappa shape index (κ2) is 4.55. The predicted molar refractivity (Wildman–Crippen MR) is 56.6 cm³/mol. The van der Waals surface area contributed by atoms with Crippen LogP contribution in [0.3, 0.4) is 0 Å². The summed E-state index contributed by atoms with van der Waals surface area (Å²) in [5.74, 6) is -2.81. The third-order valence-corrected chi connectivity index (χ3v) is 2.45. The average Bonchev–Trinajstić information content (AvgIpc) is 2.05. The van der Waals surface area contributed by atoms with Gasteiger partial charge in [0.15, 0.2) is 0 Å². The minimum atomic E-state index is -2.81. The Balaban J connectivity index is 2.49. The highest BCUT2D eigenvalue weighted by molar-refractivity contribution is 5.68. The second-order valence-electron chi connectivity index (χ2n) is 5.21. The predicted octanol–water partition coefficient (Wildman–Crippen LogP) is 3.09. The number of halogens is 2. The maximum Gasteiger partial charge on any atom is 0.408 e. The lowest BCUT2D eigenvalue weighted by Crippen LogP contribution is -2.50. The summed E-state index contributed by atoms with van der Waals surface area (Å²) in [6, 6.07) is -1.09. The molecule has 94 valence electrons. The van der Waals surface area contributed by atoms with E-state index in [1.54, 1.807) is 20.8 Å². The van der Waals surface area contributed by atoms with Crippen LogP contribution in [0.1, 0.15) is 46.5 Å². The monoisotopic (exact) mass is 235 g/mol. The Morgan fingerprint density at radius 3 is 2.50 bits per heavy atom. The van der Waals surface area contributed by atoms with Gasteiger partial charge in [-0.2, -0.15) is 0 Å². The molecule has 3 nitrogen and oxygen atoms in total. The summed E-state index contributed by atoms with van der Waals surface area (Å²) in [4.78, 5) is 11.3. The van der Waals surface area contributed by atoms with Crippen LogP contribution in [0, 0.1) is 0 Å². The summed E-state index contributed by atoms with van der Waals surface area (Å²) in [5, 5.41) is 2.25. The Morgan fingerprint density at radius 2 is 2.00 bits per heavy atom. The zero-order valence-corrected chi connectivity index (χ0v) is 9.98. The average molecular weight is 235 g/mol. The van der Waals surface area contributed by atoms with Crippen molar-refractivity contribution in [2.75, 3.05) is 0 Å². The molecule has 5 heteroatoms. The van der Waals surface area contributed by atoms with Crippen molar-refractivity contribution in [3.05, 3.63) is 0 Å². The number of carbonyl (C=O) groups is 1. The van der Waals surface area contributed by atoms with E-state index in [1.807, 2.05) is 0 Å². The van der Waals surface area contributed by atoms with Crippen molar-refractivity contribution in [1.29, 1.82) is 0 Å². The summed E-state index contributed by atoms with van der Waals surface area (Å²) in [6.45, 7) is 5.10. The van der Waals surface area contributed by atoms with E-state index in [0.717, 1.165) is 6.42 Å². The minimum Gasteiger partial charge on any atom is -0.444 e. The normalized spacial score (nSPS) is 24.9. The first-order chi connectivity index (χ1) is 7.21. The molecule has 0 aromatic carbocycles. The molecule has 0 bridgehead atoms. The number of hydrogen-bond donors (Lipinski definition) is 1. The fourth-order valence-electron chi connectivity index (χ4n) is 1.72. The lowest BCUT2D eigenvalue weighted by molar-refractivity contribution is -0.0652. The van der Waals surface area contributed by atoms with Crippen molar-refractivity contribution in [1.82, 2.24) is 5.32 Å². The molecule has 16 heavy (non-hydrogen) atoms. The van der Waals surface area contributed by atoms with Crippen molar-refractivity contribution in [3.63, 3.8) is 0 Å². The second-order valence-corrected chi connectivity index (χ2v) is 5.21. The van der Waals surface area contributed by atoms with Crippen molar-refractivity contribution in [2.24, 2.45) is 0 Å². The quantitative estimate of drug-likeness (QED) is 0.758. The van der Waals surface area contributed by atoms with Crippen LogP contribution in [0.15, 0.2) is 0 Å². The van der Waals surface area contributed by atoms with Crippen LogP contribution in [0.4, 0.5) is 13.6 Å². The number of amides is 1. The van der Waals surface area contributed by atoms with E-state index in [0.29, 0.717) is 12.8 Å². The van der Waals surface area contributed by atoms with Gasteiger partial charge in [-0.25, -0.2) is 13.6 Å².